The summed E-state index contributed by atoms with van der Waals surface area (Å²) in [6.45, 7) is 14.0. The van der Waals surface area contributed by atoms with Gasteiger partial charge in [0.1, 0.15) is 17.6 Å². The van der Waals surface area contributed by atoms with Crippen LogP contribution in [0, 0.1) is 46.3 Å². The highest BCUT2D eigenvalue weighted by atomic mass is 16.5. The SMILES string of the molecule is CC(C)CCC[C@@H](C)[C@H]1CC[C@H]2[C@@H]3CC=C4C[C@@H](OC(=O)c5ccc(OCCCCCCCCCOc6ccncc6)cc5)CC[C@]4(C)[C@H]3CC[C@]12C. The normalized spacial score (nSPS) is 29.8. The molecule has 1 aromatic carbocycles. The van der Waals surface area contributed by atoms with Gasteiger partial charge in [-0.15, -0.1) is 0 Å². The molecule has 5 heteroatoms. The van der Waals surface area contributed by atoms with Crippen LogP contribution in [0.15, 0.2) is 60.4 Å². The van der Waals surface area contributed by atoms with E-state index in [0.29, 0.717) is 17.6 Å². The first kappa shape index (κ1) is 39.9. The van der Waals surface area contributed by atoms with Crippen LogP contribution in [0.2, 0.25) is 0 Å². The number of esters is 1. The van der Waals surface area contributed by atoms with Gasteiger partial charge in [-0.3, -0.25) is 4.98 Å². The van der Waals surface area contributed by atoms with E-state index in [4.69, 9.17) is 14.2 Å². The Bertz CT molecular complexity index is 1450. The second kappa shape index (κ2) is 18.7. The summed E-state index contributed by atoms with van der Waals surface area (Å²) in [6.07, 6.45) is 28.5. The van der Waals surface area contributed by atoms with E-state index in [1.54, 1.807) is 18.0 Å². The Hall–Kier alpha value is -2.82. The number of carbonyl (C=O) groups is 1. The quantitative estimate of drug-likeness (QED) is 0.0820. The number of carbonyl (C=O) groups excluding carboxylic acids is 1. The predicted octanol–water partition coefficient (Wildman–Crippen LogP) is 12.8. The Labute approximate surface area is 322 Å². The second-order valence-electron chi connectivity index (χ2n) is 18.4. The van der Waals surface area contributed by atoms with Crippen LogP contribution in [0.4, 0.5) is 0 Å². The van der Waals surface area contributed by atoms with Crippen molar-refractivity contribution in [2.45, 2.75) is 156 Å². The van der Waals surface area contributed by atoms with Gasteiger partial charge in [-0.2, -0.15) is 0 Å². The third-order valence-electron chi connectivity index (χ3n) is 14.6. The molecule has 6 rings (SSSR count). The zero-order valence-corrected chi connectivity index (χ0v) is 34.0. The molecular weight excluding hydrogens is 655 g/mol. The number of aromatic nitrogens is 1. The number of rotatable bonds is 19. The number of unbranched alkanes of at least 4 members (excludes halogenated alkanes) is 6. The lowest BCUT2D eigenvalue weighted by molar-refractivity contribution is -0.0594. The predicted molar refractivity (Wildman–Crippen MR) is 216 cm³/mol. The van der Waals surface area contributed by atoms with E-state index in [0.717, 1.165) is 85.7 Å². The third kappa shape index (κ3) is 9.90. The summed E-state index contributed by atoms with van der Waals surface area (Å²) in [5.74, 6) is 6.59. The minimum absolute atomic E-state index is 0.0221. The molecule has 0 spiro atoms. The lowest BCUT2D eigenvalue weighted by atomic mass is 9.47. The highest BCUT2D eigenvalue weighted by Gasteiger charge is 2.59. The standard InChI is InChI=1S/C48H71NO4/c1-35(2)14-13-15-36(3)43-22-23-44-42-21-18-38-34-41(24-28-47(38,4)45(42)25-29-48(43,44)5)53-46(50)37-16-19-39(20-17-37)51-32-11-9-7-6-8-10-12-33-52-40-26-30-49-31-27-40/h16-20,26-27,30-31,35-36,41-45H,6-15,21-25,28-29,32-34H2,1-5H3/t36-,41+,42+,43-,44+,45+,47+,48-/m1/s1. The van der Waals surface area contributed by atoms with Crippen molar-refractivity contribution in [2.24, 2.45) is 46.3 Å². The monoisotopic (exact) mass is 726 g/mol. The van der Waals surface area contributed by atoms with Gasteiger partial charge in [0, 0.05) is 18.8 Å². The van der Waals surface area contributed by atoms with E-state index in [1.807, 2.05) is 36.4 Å². The maximum atomic E-state index is 13.3. The molecule has 8 atom stereocenters. The Kier molecular flexibility index (Phi) is 14.0. The Balaban J connectivity index is 0.886. The first-order chi connectivity index (χ1) is 25.7. The number of allylic oxidation sites excluding steroid dienone is 1. The highest BCUT2D eigenvalue weighted by molar-refractivity contribution is 5.89. The molecule has 4 aliphatic rings. The first-order valence-corrected chi connectivity index (χ1v) is 21.8. The maximum absolute atomic E-state index is 13.3. The Morgan fingerprint density at radius 2 is 1.42 bits per heavy atom. The van der Waals surface area contributed by atoms with Crippen molar-refractivity contribution in [1.82, 2.24) is 4.98 Å². The molecule has 0 radical (unpaired) electrons. The minimum Gasteiger partial charge on any atom is -0.494 e. The third-order valence-corrected chi connectivity index (χ3v) is 14.6. The molecule has 0 aliphatic heterocycles. The molecule has 0 bridgehead atoms. The van der Waals surface area contributed by atoms with Crippen LogP contribution in [0.25, 0.3) is 0 Å². The summed E-state index contributed by atoms with van der Waals surface area (Å²) < 4.78 is 17.9. The molecule has 3 fully saturated rings. The molecule has 2 aromatic rings. The van der Waals surface area contributed by atoms with Gasteiger partial charge in [0.25, 0.3) is 0 Å². The number of hydrogen-bond donors (Lipinski definition) is 0. The van der Waals surface area contributed by atoms with Crippen LogP contribution in [0.5, 0.6) is 11.5 Å². The average molecular weight is 726 g/mol. The topological polar surface area (TPSA) is 57.7 Å². The fourth-order valence-corrected chi connectivity index (χ4v) is 11.6. The maximum Gasteiger partial charge on any atom is 0.338 e. The molecule has 53 heavy (non-hydrogen) atoms. The molecule has 0 saturated heterocycles. The minimum atomic E-state index is -0.198. The largest absolute Gasteiger partial charge is 0.494 e. The van der Waals surface area contributed by atoms with E-state index in [2.05, 4.69) is 45.7 Å². The Morgan fingerprint density at radius 1 is 0.755 bits per heavy atom. The number of hydrogen-bond acceptors (Lipinski definition) is 5. The number of ether oxygens (including phenoxy) is 3. The first-order valence-electron chi connectivity index (χ1n) is 21.8. The van der Waals surface area contributed by atoms with Gasteiger partial charge in [-0.25, -0.2) is 4.79 Å². The summed E-state index contributed by atoms with van der Waals surface area (Å²) in [4.78, 5) is 17.3. The van der Waals surface area contributed by atoms with Gasteiger partial charge >= 0.3 is 5.97 Å². The van der Waals surface area contributed by atoms with Crippen molar-refractivity contribution in [3.8, 4) is 11.5 Å². The van der Waals surface area contributed by atoms with E-state index in [1.165, 1.54) is 83.5 Å². The van der Waals surface area contributed by atoms with Crippen molar-refractivity contribution < 1.29 is 19.0 Å². The molecule has 4 aliphatic carbocycles. The molecule has 292 valence electrons. The molecule has 1 heterocycles. The molecule has 0 amide bonds. The fraction of sp³-hybridized carbons (Fsp3) is 0.708. The van der Waals surface area contributed by atoms with E-state index in [9.17, 15) is 4.79 Å². The van der Waals surface area contributed by atoms with Crippen molar-refractivity contribution in [3.63, 3.8) is 0 Å². The van der Waals surface area contributed by atoms with Crippen molar-refractivity contribution in [1.29, 1.82) is 0 Å². The van der Waals surface area contributed by atoms with E-state index < -0.39 is 0 Å². The zero-order valence-electron chi connectivity index (χ0n) is 34.0. The average Bonchev–Trinajstić information content (AvgIpc) is 3.52. The molecule has 0 unspecified atom stereocenters. The van der Waals surface area contributed by atoms with Crippen LogP contribution in [0.1, 0.15) is 161 Å². The van der Waals surface area contributed by atoms with Crippen molar-refractivity contribution in [2.75, 3.05) is 13.2 Å². The molecule has 3 saturated carbocycles. The fourth-order valence-electron chi connectivity index (χ4n) is 11.6. The van der Waals surface area contributed by atoms with Gasteiger partial charge in [0.15, 0.2) is 0 Å². The van der Waals surface area contributed by atoms with Gasteiger partial charge in [-0.1, -0.05) is 97.6 Å². The molecule has 1 aromatic heterocycles. The summed E-state index contributed by atoms with van der Waals surface area (Å²) >= 11 is 0. The number of benzene rings is 1. The number of nitrogens with zero attached hydrogens (tertiary/aromatic N) is 1. The van der Waals surface area contributed by atoms with Gasteiger partial charge in [0.2, 0.25) is 0 Å². The van der Waals surface area contributed by atoms with Crippen LogP contribution >= 0.6 is 0 Å². The van der Waals surface area contributed by atoms with E-state index >= 15 is 0 Å². The molecule has 0 N–H and O–H groups in total. The smallest absolute Gasteiger partial charge is 0.338 e. The zero-order chi connectivity index (χ0) is 37.3. The summed E-state index contributed by atoms with van der Waals surface area (Å²) in [7, 11) is 0. The van der Waals surface area contributed by atoms with Crippen molar-refractivity contribution in [3.05, 3.63) is 66.0 Å². The second-order valence-corrected chi connectivity index (χ2v) is 18.4. The van der Waals surface area contributed by atoms with Crippen molar-refractivity contribution >= 4 is 5.97 Å². The van der Waals surface area contributed by atoms with Gasteiger partial charge in [0.05, 0.1) is 18.8 Å². The molecular formula is C48H71NO4. The van der Waals surface area contributed by atoms with Gasteiger partial charge in [-0.05, 0) is 141 Å². The van der Waals surface area contributed by atoms with Crippen LogP contribution < -0.4 is 9.47 Å². The Morgan fingerprint density at radius 3 is 2.09 bits per heavy atom. The lowest BCUT2D eigenvalue weighted by Crippen LogP contribution is -2.51. The van der Waals surface area contributed by atoms with Crippen LogP contribution in [-0.2, 0) is 4.74 Å². The molecule has 5 nitrogen and oxygen atoms in total. The number of pyridine rings is 1. The lowest BCUT2D eigenvalue weighted by Gasteiger charge is -2.58. The van der Waals surface area contributed by atoms with E-state index in [-0.39, 0.29) is 17.5 Å². The van der Waals surface area contributed by atoms with Crippen LogP contribution in [-0.4, -0.2) is 30.3 Å². The number of fused-ring (bicyclic) bond motifs is 5. The van der Waals surface area contributed by atoms with Gasteiger partial charge < -0.3 is 14.2 Å². The summed E-state index contributed by atoms with van der Waals surface area (Å²) in [5.41, 5.74) is 2.99. The highest BCUT2D eigenvalue weighted by Crippen LogP contribution is 2.67. The van der Waals surface area contributed by atoms with Crippen LogP contribution in [0.3, 0.4) is 0 Å². The summed E-state index contributed by atoms with van der Waals surface area (Å²) in [6, 6.07) is 11.4. The summed E-state index contributed by atoms with van der Waals surface area (Å²) in [5, 5.41) is 0.